The minimum atomic E-state index is -0.950. The molecule has 0 saturated carbocycles. The summed E-state index contributed by atoms with van der Waals surface area (Å²) in [5.41, 5.74) is 10.4. The molecule has 0 amide bonds. The fraction of sp³-hybridized carbons (Fsp3) is 1.00. The Bertz CT molecular complexity index is 48.1. The van der Waals surface area contributed by atoms with Crippen molar-refractivity contribution < 1.29 is 4.74 Å². The third-order valence-corrected chi connectivity index (χ3v) is 0.455. The minimum Gasteiger partial charge on any atom is -0.348 e. The van der Waals surface area contributed by atoms with E-state index in [0.717, 1.165) is 0 Å². The molecular formula is C4H12N2O. The van der Waals surface area contributed by atoms with Crippen molar-refractivity contribution in [2.45, 2.75) is 19.7 Å². The fourth-order valence-corrected chi connectivity index (χ4v) is 0.311. The number of hydrogen-bond acceptors (Lipinski definition) is 3. The summed E-state index contributed by atoms with van der Waals surface area (Å²) in [7, 11) is 0. The highest BCUT2D eigenvalue weighted by Crippen LogP contribution is 1.87. The van der Waals surface area contributed by atoms with E-state index >= 15 is 0 Å². The summed E-state index contributed by atoms with van der Waals surface area (Å²) >= 11 is 0. The topological polar surface area (TPSA) is 61.3 Å². The van der Waals surface area contributed by atoms with Gasteiger partial charge >= 0.3 is 0 Å². The Morgan fingerprint density at radius 2 is 2.00 bits per heavy atom. The van der Waals surface area contributed by atoms with Gasteiger partial charge in [0, 0.05) is 6.61 Å². The zero-order valence-electron chi connectivity index (χ0n) is 4.77. The molecule has 0 atom stereocenters. The Kier molecular flexibility index (Phi) is 2.22. The van der Waals surface area contributed by atoms with Crippen LogP contribution in [0, 0.1) is 0 Å². The van der Waals surface area contributed by atoms with Crippen LogP contribution >= 0.6 is 0 Å². The van der Waals surface area contributed by atoms with E-state index in [4.69, 9.17) is 16.2 Å². The zero-order chi connectivity index (χ0) is 5.91. The molecule has 0 radical (unpaired) electrons. The van der Waals surface area contributed by atoms with Gasteiger partial charge in [-0.05, 0) is 13.8 Å². The molecule has 0 unspecified atom stereocenters. The summed E-state index contributed by atoms with van der Waals surface area (Å²) in [6.45, 7) is 4.01. The summed E-state index contributed by atoms with van der Waals surface area (Å²) in [5.74, 6) is -0.950. The molecule has 3 nitrogen and oxygen atoms in total. The Morgan fingerprint density at radius 1 is 1.57 bits per heavy atom. The van der Waals surface area contributed by atoms with E-state index < -0.39 is 5.85 Å². The highest BCUT2D eigenvalue weighted by Gasteiger charge is 2.07. The number of hydrogen-bond donors (Lipinski definition) is 2. The van der Waals surface area contributed by atoms with Crippen molar-refractivity contribution in [2.75, 3.05) is 6.61 Å². The largest absolute Gasteiger partial charge is 0.348 e. The van der Waals surface area contributed by atoms with Gasteiger partial charge in [-0.2, -0.15) is 0 Å². The quantitative estimate of drug-likeness (QED) is 0.469. The summed E-state index contributed by atoms with van der Waals surface area (Å²) < 4.78 is 4.78. The van der Waals surface area contributed by atoms with Crippen LogP contribution in [-0.4, -0.2) is 12.5 Å². The molecule has 0 rings (SSSR count). The first kappa shape index (κ1) is 6.88. The van der Waals surface area contributed by atoms with Crippen LogP contribution in [0.3, 0.4) is 0 Å². The number of ether oxygens (including phenoxy) is 1. The van der Waals surface area contributed by atoms with Gasteiger partial charge in [-0.25, -0.2) is 0 Å². The fourth-order valence-electron chi connectivity index (χ4n) is 0.311. The van der Waals surface area contributed by atoms with Crippen LogP contribution in [0.1, 0.15) is 13.8 Å². The molecule has 0 aliphatic rings. The number of rotatable bonds is 2. The summed E-state index contributed by atoms with van der Waals surface area (Å²) in [4.78, 5) is 0. The van der Waals surface area contributed by atoms with Crippen molar-refractivity contribution in [3.8, 4) is 0 Å². The van der Waals surface area contributed by atoms with Gasteiger partial charge in [-0.3, -0.25) is 11.5 Å². The predicted molar refractivity (Wildman–Crippen MR) is 28.4 cm³/mol. The lowest BCUT2D eigenvalue weighted by molar-refractivity contribution is -0.0147. The predicted octanol–water partition coefficient (Wildman–Crippen LogP) is -0.386. The second-order valence-corrected chi connectivity index (χ2v) is 1.62. The monoisotopic (exact) mass is 104 g/mol. The maximum atomic E-state index is 5.20. The van der Waals surface area contributed by atoms with Gasteiger partial charge in [0.15, 0.2) is 5.85 Å². The van der Waals surface area contributed by atoms with E-state index in [1.807, 2.05) is 6.92 Å². The lowest BCUT2D eigenvalue weighted by Crippen LogP contribution is -2.48. The Labute approximate surface area is 43.6 Å². The molecule has 0 aromatic rings. The molecule has 0 spiro atoms. The SMILES string of the molecule is CCOC(C)(N)N. The third kappa shape index (κ3) is 5.88. The molecule has 0 aromatic carbocycles. The van der Waals surface area contributed by atoms with Gasteiger partial charge in [0.25, 0.3) is 0 Å². The first-order chi connectivity index (χ1) is 3.06. The minimum absolute atomic E-state index is 0.559. The lowest BCUT2D eigenvalue weighted by atomic mass is 10.5. The average molecular weight is 104 g/mol. The van der Waals surface area contributed by atoms with Crippen LogP contribution < -0.4 is 11.5 Å². The van der Waals surface area contributed by atoms with Crippen molar-refractivity contribution >= 4 is 0 Å². The molecule has 0 saturated heterocycles. The third-order valence-electron chi connectivity index (χ3n) is 0.455. The van der Waals surface area contributed by atoms with Crippen LogP contribution in [0.2, 0.25) is 0 Å². The van der Waals surface area contributed by atoms with Crippen molar-refractivity contribution in [3.63, 3.8) is 0 Å². The average Bonchev–Trinajstić information content (AvgIpc) is 1.30. The van der Waals surface area contributed by atoms with Crippen LogP contribution in [0.4, 0.5) is 0 Å². The van der Waals surface area contributed by atoms with E-state index in [9.17, 15) is 0 Å². The molecule has 44 valence electrons. The molecule has 3 heteroatoms. The van der Waals surface area contributed by atoms with Gasteiger partial charge in [-0.15, -0.1) is 0 Å². The smallest absolute Gasteiger partial charge is 0.166 e. The van der Waals surface area contributed by atoms with Gasteiger partial charge < -0.3 is 4.74 Å². The Morgan fingerprint density at radius 3 is 2.00 bits per heavy atom. The van der Waals surface area contributed by atoms with Gasteiger partial charge in [0.05, 0.1) is 0 Å². The molecule has 0 fully saturated rings. The highest BCUT2D eigenvalue weighted by atomic mass is 16.5. The van der Waals surface area contributed by atoms with E-state index in [2.05, 4.69) is 0 Å². The second-order valence-electron chi connectivity index (χ2n) is 1.62. The van der Waals surface area contributed by atoms with Crippen molar-refractivity contribution in [1.29, 1.82) is 0 Å². The Hall–Kier alpha value is -0.120. The zero-order valence-corrected chi connectivity index (χ0v) is 4.77. The highest BCUT2D eigenvalue weighted by molar-refractivity contribution is 4.51. The number of nitrogens with two attached hydrogens (primary N) is 2. The molecule has 0 aliphatic heterocycles. The normalized spacial score (nSPS) is 12.0. The van der Waals surface area contributed by atoms with Crippen molar-refractivity contribution in [1.82, 2.24) is 0 Å². The lowest BCUT2D eigenvalue weighted by Gasteiger charge is -2.17. The van der Waals surface area contributed by atoms with Crippen LogP contribution in [0.15, 0.2) is 0 Å². The Balaban J connectivity index is 3.15. The molecule has 4 N–H and O–H groups in total. The van der Waals surface area contributed by atoms with E-state index in [-0.39, 0.29) is 0 Å². The first-order valence-corrected chi connectivity index (χ1v) is 2.28. The maximum absolute atomic E-state index is 5.20. The van der Waals surface area contributed by atoms with Crippen molar-refractivity contribution in [2.24, 2.45) is 11.5 Å². The molecular weight excluding hydrogens is 92.1 g/mol. The van der Waals surface area contributed by atoms with E-state index in [0.29, 0.717) is 6.61 Å². The van der Waals surface area contributed by atoms with Crippen LogP contribution in [0.5, 0.6) is 0 Å². The van der Waals surface area contributed by atoms with E-state index in [1.165, 1.54) is 0 Å². The molecule has 0 aliphatic carbocycles. The van der Waals surface area contributed by atoms with Crippen LogP contribution in [0.25, 0.3) is 0 Å². The molecule has 0 heterocycles. The summed E-state index contributed by atoms with van der Waals surface area (Å²) in [6, 6.07) is 0. The molecule has 0 aromatic heterocycles. The summed E-state index contributed by atoms with van der Waals surface area (Å²) in [5, 5.41) is 0. The first-order valence-electron chi connectivity index (χ1n) is 2.28. The maximum Gasteiger partial charge on any atom is 0.166 e. The van der Waals surface area contributed by atoms with Gasteiger partial charge in [0.1, 0.15) is 0 Å². The second kappa shape index (κ2) is 2.26. The summed E-state index contributed by atoms with van der Waals surface area (Å²) in [6.07, 6.45) is 0. The van der Waals surface area contributed by atoms with Gasteiger partial charge in [-0.1, -0.05) is 0 Å². The molecule has 7 heavy (non-hydrogen) atoms. The van der Waals surface area contributed by atoms with Crippen LogP contribution in [-0.2, 0) is 4.74 Å². The van der Waals surface area contributed by atoms with E-state index in [1.54, 1.807) is 6.92 Å². The van der Waals surface area contributed by atoms with Gasteiger partial charge in [0.2, 0.25) is 0 Å². The standard InChI is InChI=1S/C4H12N2O/c1-3-7-4(2,5)6/h3,5-6H2,1-2H3. The van der Waals surface area contributed by atoms with Crippen molar-refractivity contribution in [3.05, 3.63) is 0 Å². The molecule has 0 bridgehead atoms.